The molecule has 2 rings (SSSR count). The largest absolute Gasteiger partial charge is 0.484 e. The molecule has 0 radical (unpaired) electrons. The van der Waals surface area contributed by atoms with Gasteiger partial charge in [-0.05, 0) is 36.4 Å². The summed E-state index contributed by atoms with van der Waals surface area (Å²) in [7, 11) is 2.41. The van der Waals surface area contributed by atoms with Crippen LogP contribution in [0.3, 0.4) is 0 Å². The van der Waals surface area contributed by atoms with Crippen molar-refractivity contribution in [1.82, 2.24) is 0 Å². The summed E-state index contributed by atoms with van der Waals surface area (Å²) in [6, 6.07) is 12.4. The molecule has 138 valence electrons. The molecule has 8 nitrogen and oxygen atoms in total. The minimum atomic E-state index is -0.666. The molecular weight excluding hydrogens is 352 g/mol. The van der Waals surface area contributed by atoms with Gasteiger partial charge in [0.25, 0.3) is 5.91 Å². The van der Waals surface area contributed by atoms with Gasteiger partial charge in [-0.1, -0.05) is 6.07 Å². The molecule has 0 bridgehead atoms. The van der Waals surface area contributed by atoms with Crippen molar-refractivity contribution in [2.24, 2.45) is 0 Å². The second kappa shape index (κ2) is 9.01. The van der Waals surface area contributed by atoms with Crippen molar-refractivity contribution in [3.05, 3.63) is 59.2 Å². The minimum Gasteiger partial charge on any atom is -0.484 e. The maximum absolute atomic E-state index is 12.1. The number of nitrogens with zero attached hydrogens (tertiary/aromatic N) is 1. The lowest BCUT2D eigenvalue weighted by Gasteiger charge is -2.10. The molecule has 2 aromatic rings. The molecule has 0 saturated heterocycles. The van der Waals surface area contributed by atoms with Crippen molar-refractivity contribution < 1.29 is 28.6 Å². The standard InChI is InChI=1S/C19H16N2O6/c1-25-18(23)13-7-14(19(24)26-2)9-15(8-13)21-17(22)11-27-16-5-3-4-12(6-16)10-20/h3-9H,11H2,1-2H3,(H,21,22). The fourth-order valence-corrected chi connectivity index (χ4v) is 2.17. The number of ether oxygens (including phenoxy) is 3. The van der Waals surface area contributed by atoms with Gasteiger partial charge in [-0.3, -0.25) is 4.79 Å². The van der Waals surface area contributed by atoms with Crippen molar-refractivity contribution in [3.63, 3.8) is 0 Å². The van der Waals surface area contributed by atoms with Crippen LogP contribution in [0.25, 0.3) is 0 Å². The molecule has 1 N–H and O–H groups in total. The van der Waals surface area contributed by atoms with Gasteiger partial charge in [-0.2, -0.15) is 5.26 Å². The molecule has 0 fully saturated rings. The number of anilines is 1. The highest BCUT2D eigenvalue weighted by atomic mass is 16.5. The first-order valence-corrected chi connectivity index (χ1v) is 7.71. The molecular formula is C19H16N2O6. The molecule has 0 aliphatic carbocycles. The van der Waals surface area contributed by atoms with Crippen molar-refractivity contribution in [1.29, 1.82) is 5.26 Å². The van der Waals surface area contributed by atoms with Gasteiger partial charge in [-0.15, -0.1) is 0 Å². The number of nitriles is 1. The van der Waals surface area contributed by atoms with Crippen LogP contribution in [0.15, 0.2) is 42.5 Å². The third-order valence-electron chi connectivity index (χ3n) is 3.39. The summed E-state index contributed by atoms with van der Waals surface area (Å²) < 4.78 is 14.6. The number of hydrogen-bond donors (Lipinski definition) is 1. The molecule has 27 heavy (non-hydrogen) atoms. The van der Waals surface area contributed by atoms with E-state index in [-0.39, 0.29) is 23.4 Å². The molecule has 0 aromatic heterocycles. The second-order valence-corrected chi connectivity index (χ2v) is 5.26. The first-order chi connectivity index (χ1) is 13.0. The number of hydrogen-bond acceptors (Lipinski definition) is 7. The Morgan fingerprint density at radius 3 is 2.19 bits per heavy atom. The van der Waals surface area contributed by atoms with E-state index in [1.807, 2.05) is 6.07 Å². The topological polar surface area (TPSA) is 115 Å². The predicted molar refractivity (Wildman–Crippen MR) is 94.4 cm³/mol. The number of rotatable bonds is 6. The third-order valence-corrected chi connectivity index (χ3v) is 3.39. The fraction of sp³-hybridized carbons (Fsp3) is 0.158. The van der Waals surface area contributed by atoms with E-state index >= 15 is 0 Å². The summed E-state index contributed by atoms with van der Waals surface area (Å²) >= 11 is 0. The predicted octanol–water partition coefficient (Wildman–Crippen LogP) is 2.15. The highest BCUT2D eigenvalue weighted by molar-refractivity contribution is 5.99. The smallest absolute Gasteiger partial charge is 0.337 e. The number of benzene rings is 2. The zero-order valence-electron chi connectivity index (χ0n) is 14.6. The molecule has 0 spiro atoms. The maximum Gasteiger partial charge on any atom is 0.337 e. The molecule has 1 amide bonds. The van der Waals surface area contributed by atoms with Gasteiger partial charge in [0, 0.05) is 5.69 Å². The van der Waals surface area contributed by atoms with E-state index < -0.39 is 17.8 Å². The Hall–Kier alpha value is -3.86. The number of amides is 1. The van der Waals surface area contributed by atoms with E-state index in [2.05, 4.69) is 14.8 Å². The Bertz CT molecular complexity index is 882. The van der Waals surface area contributed by atoms with Crippen LogP contribution in [0, 0.1) is 11.3 Å². The van der Waals surface area contributed by atoms with Crippen molar-refractivity contribution in [3.8, 4) is 11.8 Å². The summed E-state index contributed by atoms with van der Waals surface area (Å²) in [4.78, 5) is 35.6. The van der Waals surface area contributed by atoms with Crippen molar-refractivity contribution >= 4 is 23.5 Å². The monoisotopic (exact) mass is 368 g/mol. The van der Waals surface area contributed by atoms with E-state index in [1.165, 1.54) is 38.5 Å². The quantitative estimate of drug-likeness (QED) is 0.777. The first-order valence-electron chi connectivity index (χ1n) is 7.71. The summed E-state index contributed by atoms with van der Waals surface area (Å²) in [6.07, 6.45) is 0. The van der Waals surface area contributed by atoms with Crippen LogP contribution < -0.4 is 10.1 Å². The molecule has 8 heteroatoms. The summed E-state index contributed by atoms with van der Waals surface area (Å²) in [5, 5.41) is 11.4. The average molecular weight is 368 g/mol. The van der Waals surface area contributed by atoms with Crippen molar-refractivity contribution in [2.45, 2.75) is 0 Å². The average Bonchev–Trinajstić information content (AvgIpc) is 2.70. The van der Waals surface area contributed by atoms with Gasteiger partial charge in [0.1, 0.15) is 5.75 Å². The van der Waals surface area contributed by atoms with Crippen LogP contribution in [0.5, 0.6) is 5.75 Å². The highest BCUT2D eigenvalue weighted by Crippen LogP contribution is 2.17. The molecule has 0 atom stereocenters. The molecule has 0 saturated carbocycles. The Morgan fingerprint density at radius 2 is 1.63 bits per heavy atom. The van der Waals surface area contributed by atoms with Gasteiger partial charge < -0.3 is 19.5 Å². The van der Waals surface area contributed by atoms with Crippen molar-refractivity contribution in [2.75, 3.05) is 26.1 Å². The van der Waals surface area contributed by atoms with Crippen LogP contribution in [-0.4, -0.2) is 38.7 Å². The number of nitrogens with one attached hydrogen (secondary N) is 1. The third kappa shape index (κ3) is 5.31. The zero-order chi connectivity index (χ0) is 19.8. The van der Waals surface area contributed by atoms with E-state index in [0.29, 0.717) is 11.3 Å². The van der Waals surface area contributed by atoms with E-state index in [1.54, 1.807) is 18.2 Å². The van der Waals surface area contributed by atoms with Crippen LogP contribution in [0.4, 0.5) is 5.69 Å². The van der Waals surface area contributed by atoms with Crippen LogP contribution in [0.1, 0.15) is 26.3 Å². The SMILES string of the molecule is COC(=O)c1cc(NC(=O)COc2cccc(C#N)c2)cc(C(=O)OC)c1. The van der Waals surface area contributed by atoms with Crippen LogP contribution in [0.2, 0.25) is 0 Å². The zero-order valence-corrected chi connectivity index (χ0v) is 14.6. The van der Waals surface area contributed by atoms with Crippen LogP contribution >= 0.6 is 0 Å². The Labute approximate surface area is 155 Å². The Balaban J connectivity index is 2.12. The van der Waals surface area contributed by atoms with E-state index in [4.69, 9.17) is 10.00 Å². The number of esters is 2. The lowest BCUT2D eigenvalue weighted by atomic mass is 10.1. The molecule has 0 aliphatic rings. The summed E-state index contributed by atoms with van der Waals surface area (Å²) in [5.74, 6) is -1.49. The highest BCUT2D eigenvalue weighted by Gasteiger charge is 2.15. The lowest BCUT2D eigenvalue weighted by Crippen LogP contribution is -2.21. The van der Waals surface area contributed by atoms with Crippen LogP contribution in [-0.2, 0) is 14.3 Å². The summed E-state index contributed by atoms with van der Waals surface area (Å²) in [5.41, 5.74) is 0.774. The molecule has 2 aromatic carbocycles. The van der Waals surface area contributed by atoms with Gasteiger partial charge in [0.2, 0.25) is 0 Å². The Morgan fingerprint density at radius 1 is 1.00 bits per heavy atom. The summed E-state index contributed by atoms with van der Waals surface area (Å²) in [6.45, 7) is -0.328. The van der Waals surface area contributed by atoms with Gasteiger partial charge in [0.05, 0.1) is 37.0 Å². The van der Waals surface area contributed by atoms with E-state index in [9.17, 15) is 14.4 Å². The minimum absolute atomic E-state index is 0.0818. The van der Waals surface area contributed by atoms with Gasteiger partial charge in [0.15, 0.2) is 6.61 Å². The molecule has 0 heterocycles. The van der Waals surface area contributed by atoms with E-state index in [0.717, 1.165) is 0 Å². The number of carbonyl (C=O) groups is 3. The Kier molecular flexibility index (Phi) is 6.49. The second-order valence-electron chi connectivity index (χ2n) is 5.26. The van der Waals surface area contributed by atoms with Gasteiger partial charge >= 0.3 is 11.9 Å². The first kappa shape index (κ1) is 19.5. The maximum atomic E-state index is 12.1. The number of methoxy groups -OCH3 is 2. The lowest BCUT2D eigenvalue weighted by molar-refractivity contribution is -0.118. The fourth-order valence-electron chi connectivity index (χ4n) is 2.17. The normalized spacial score (nSPS) is 9.67. The number of carbonyl (C=O) groups excluding carboxylic acids is 3. The van der Waals surface area contributed by atoms with Gasteiger partial charge in [-0.25, -0.2) is 9.59 Å². The molecule has 0 unspecified atom stereocenters. The molecule has 0 aliphatic heterocycles.